The smallest absolute Gasteiger partial charge is 0.346 e. The normalized spacial score (nSPS) is 21.2. The summed E-state index contributed by atoms with van der Waals surface area (Å²) in [6.45, 7) is 1.33. The summed E-state index contributed by atoms with van der Waals surface area (Å²) in [6.07, 6.45) is -1.86. The van der Waals surface area contributed by atoms with E-state index in [9.17, 15) is 26.7 Å². The summed E-state index contributed by atoms with van der Waals surface area (Å²) in [7, 11) is 0. The van der Waals surface area contributed by atoms with E-state index in [1.54, 1.807) is 6.92 Å². The molecule has 0 N–H and O–H groups in total. The molecule has 0 bridgehead atoms. The largest absolute Gasteiger partial charge is 0.416 e. The third-order valence-electron chi connectivity index (χ3n) is 5.57. The van der Waals surface area contributed by atoms with E-state index < -0.39 is 40.9 Å². The van der Waals surface area contributed by atoms with E-state index >= 15 is 0 Å². The molecular weight excluding hydrogens is 435 g/mol. The van der Waals surface area contributed by atoms with Crippen molar-refractivity contribution < 1.29 is 31.5 Å². The third kappa shape index (κ3) is 3.83. The second kappa shape index (κ2) is 7.97. The van der Waals surface area contributed by atoms with Gasteiger partial charge in [-0.15, -0.1) is 0 Å². The summed E-state index contributed by atoms with van der Waals surface area (Å²) >= 11 is 0. The maximum atomic E-state index is 14.8. The Labute approximate surface area is 179 Å². The number of aromatic nitrogens is 3. The minimum atomic E-state index is -4.53. The molecule has 1 aliphatic rings. The van der Waals surface area contributed by atoms with Crippen molar-refractivity contribution in [2.75, 3.05) is 6.73 Å². The minimum Gasteiger partial charge on any atom is -0.346 e. The highest BCUT2D eigenvalue weighted by Gasteiger charge is 2.51. The monoisotopic (exact) mass is 452 g/mol. The van der Waals surface area contributed by atoms with Crippen molar-refractivity contribution in [1.82, 2.24) is 19.7 Å². The molecule has 2 aromatic carbocycles. The molecule has 1 aromatic heterocycles. The Hall–Kier alpha value is -3.34. The van der Waals surface area contributed by atoms with E-state index in [4.69, 9.17) is 4.74 Å². The molecule has 2 atom stereocenters. The molecule has 4 rings (SSSR count). The van der Waals surface area contributed by atoms with Crippen LogP contribution < -0.4 is 0 Å². The zero-order valence-electron chi connectivity index (χ0n) is 16.7. The zero-order chi connectivity index (χ0) is 23.1. The van der Waals surface area contributed by atoms with Crippen LogP contribution in [0.3, 0.4) is 0 Å². The first-order valence-corrected chi connectivity index (χ1v) is 9.52. The van der Waals surface area contributed by atoms with Gasteiger partial charge < -0.3 is 9.64 Å². The van der Waals surface area contributed by atoms with E-state index in [1.807, 2.05) is 0 Å². The summed E-state index contributed by atoms with van der Waals surface area (Å²) in [4.78, 5) is 18.2. The van der Waals surface area contributed by atoms with Gasteiger partial charge in [0.2, 0.25) is 0 Å². The molecule has 1 aliphatic heterocycles. The first-order valence-electron chi connectivity index (χ1n) is 9.52. The Morgan fingerprint density at radius 3 is 2.50 bits per heavy atom. The van der Waals surface area contributed by atoms with Crippen LogP contribution in [-0.2, 0) is 23.1 Å². The molecule has 0 radical (unpaired) electrons. The number of ether oxygens (including phenoxy) is 1. The van der Waals surface area contributed by atoms with E-state index in [0.29, 0.717) is 0 Å². The lowest BCUT2D eigenvalue weighted by molar-refractivity contribution is -0.137. The number of carbonyl (C=O) groups is 1. The molecule has 1 amide bonds. The van der Waals surface area contributed by atoms with E-state index in [2.05, 4.69) is 10.1 Å². The first kappa shape index (κ1) is 21.9. The van der Waals surface area contributed by atoms with Gasteiger partial charge in [-0.25, -0.2) is 18.4 Å². The van der Waals surface area contributed by atoms with Crippen molar-refractivity contribution in [1.29, 1.82) is 0 Å². The van der Waals surface area contributed by atoms with Crippen molar-refractivity contribution in [3.63, 3.8) is 0 Å². The van der Waals surface area contributed by atoms with Gasteiger partial charge in [0.05, 0.1) is 18.2 Å². The summed E-state index contributed by atoms with van der Waals surface area (Å²) in [5.74, 6) is -2.22. The van der Waals surface area contributed by atoms with Crippen LogP contribution in [0.15, 0.2) is 55.1 Å². The maximum Gasteiger partial charge on any atom is 0.416 e. The van der Waals surface area contributed by atoms with Crippen molar-refractivity contribution in [3.05, 3.63) is 83.4 Å². The van der Waals surface area contributed by atoms with Gasteiger partial charge in [0.25, 0.3) is 5.91 Å². The van der Waals surface area contributed by atoms with Gasteiger partial charge in [-0.05, 0) is 37.3 Å². The Morgan fingerprint density at radius 1 is 1.19 bits per heavy atom. The van der Waals surface area contributed by atoms with Crippen molar-refractivity contribution >= 4 is 5.91 Å². The molecule has 0 saturated carbocycles. The number of hydrogen-bond acceptors (Lipinski definition) is 4. The molecule has 0 spiro atoms. The molecule has 6 nitrogen and oxygen atoms in total. The number of carbonyl (C=O) groups excluding carboxylic acids is 1. The maximum absolute atomic E-state index is 14.8. The predicted octanol–water partition coefficient (Wildman–Crippen LogP) is 3.99. The average molecular weight is 452 g/mol. The molecule has 32 heavy (non-hydrogen) atoms. The molecule has 1 fully saturated rings. The lowest BCUT2D eigenvalue weighted by atomic mass is 9.86. The lowest BCUT2D eigenvalue weighted by Crippen LogP contribution is -2.46. The van der Waals surface area contributed by atoms with Crippen LogP contribution in [0, 0.1) is 11.6 Å². The summed E-state index contributed by atoms with van der Waals surface area (Å²) in [6, 6.07) is 6.05. The fourth-order valence-electron chi connectivity index (χ4n) is 3.82. The van der Waals surface area contributed by atoms with Gasteiger partial charge in [0, 0.05) is 17.2 Å². The fourth-order valence-corrected chi connectivity index (χ4v) is 3.82. The molecule has 2 heterocycles. The molecule has 1 unspecified atom stereocenters. The highest BCUT2D eigenvalue weighted by atomic mass is 19.4. The molecule has 168 valence electrons. The number of rotatable bonds is 4. The van der Waals surface area contributed by atoms with Gasteiger partial charge in [0.15, 0.2) is 0 Å². The number of amides is 1. The number of benzene rings is 2. The highest BCUT2D eigenvalue weighted by Crippen LogP contribution is 2.41. The number of halogens is 5. The van der Waals surface area contributed by atoms with Gasteiger partial charge in [0.1, 0.15) is 36.6 Å². The summed E-state index contributed by atoms with van der Waals surface area (Å²) in [5, 5.41) is 4.01. The number of nitrogens with zero attached hydrogens (tertiary/aromatic N) is 4. The Balaban J connectivity index is 1.69. The van der Waals surface area contributed by atoms with Gasteiger partial charge in [-0.3, -0.25) is 4.79 Å². The number of alkyl halides is 3. The third-order valence-corrected chi connectivity index (χ3v) is 5.57. The lowest BCUT2D eigenvalue weighted by Gasteiger charge is -2.34. The van der Waals surface area contributed by atoms with Crippen LogP contribution in [0.25, 0.3) is 0 Å². The summed E-state index contributed by atoms with van der Waals surface area (Å²) < 4.78 is 74.1. The van der Waals surface area contributed by atoms with Crippen LogP contribution in [0.4, 0.5) is 22.0 Å². The number of hydrogen-bond donors (Lipinski definition) is 0. The Bertz CT molecular complexity index is 1120. The van der Waals surface area contributed by atoms with E-state index in [0.717, 1.165) is 36.4 Å². The molecule has 11 heteroatoms. The minimum absolute atomic E-state index is 0.0181. The fraction of sp³-hybridized carbons (Fsp3) is 0.286. The van der Waals surface area contributed by atoms with Crippen molar-refractivity contribution in [2.45, 2.75) is 31.3 Å². The van der Waals surface area contributed by atoms with Gasteiger partial charge >= 0.3 is 6.18 Å². The second-order valence-electron chi connectivity index (χ2n) is 7.41. The SMILES string of the molecule is CC1N(C(=O)c2ccc(C(F)(F)F)cc2)CO[C@@]1(Cn1cncn1)c1ccc(F)cc1F. The topological polar surface area (TPSA) is 60.2 Å². The first-order chi connectivity index (χ1) is 15.1. The molecule has 3 aromatic rings. The van der Waals surface area contributed by atoms with Crippen molar-refractivity contribution in [3.8, 4) is 0 Å². The van der Waals surface area contributed by atoms with Crippen LogP contribution in [0.5, 0.6) is 0 Å². The van der Waals surface area contributed by atoms with E-state index in [1.165, 1.54) is 28.3 Å². The quantitative estimate of drug-likeness (QED) is 0.562. The highest BCUT2D eigenvalue weighted by molar-refractivity contribution is 5.94. The van der Waals surface area contributed by atoms with Crippen molar-refractivity contribution in [2.24, 2.45) is 0 Å². The molecule has 0 aliphatic carbocycles. The Morgan fingerprint density at radius 2 is 1.91 bits per heavy atom. The molecule has 1 saturated heterocycles. The average Bonchev–Trinajstić information content (AvgIpc) is 3.36. The summed E-state index contributed by atoms with van der Waals surface area (Å²) in [5.41, 5.74) is -2.28. The standard InChI is InChI=1S/C21H17F5N4O2/c1-13-20(9-29-11-27-10-28-29,17-7-6-16(22)8-18(17)23)32-12-30(13)19(31)14-2-4-15(5-3-14)21(24,25)26/h2-8,10-11,13H,9,12H2,1H3/t13?,20-/m1/s1. The van der Waals surface area contributed by atoms with Crippen LogP contribution in [0.1, 0.15) is 28.4 Å². The zero-order valence-corrected chi connectivity index (χ0v) is 16.7. The van der Waals surface area contributed by atoms with Crippen LogP contribution >= 0.6 is 0 Å². The molecular formula is C21H17F5N4O2. The van der Waals surface area contributed by atoms with E-state index in [-0.39, 0.29) is 24.4 Å². The Kier molecular flexibility index (Phi) is 5.45. The van der Waals surface area contributed by atoms with Crippen LogP contribution in [0.2, 0.25) is 0 Å². The second-order valence-corrected chi connectivity index (χ2v) is 7.41. The van der Waals surface area contributed by atoms with Crippen LogP contribution in [-0.4, -0.2) is 38.3 Å². The van der Waals surface area contributed by atoms with Gasteiger partial charge in [-0.2, -0.15) is 18.3 Å². The predicted molar refractivity (Wildman–Crippen MR) is 101 cm³/mol. The van der Waals surface area contributed by atoms with Gasteiger partial charge in [-0.1, -0.05) is 6.07 Å².